The van der Waals surface area contributed by atoms with E-state index in [0.29, 0.717) is 29.4 Å². The number of rotatable bonds is 2. The highest BCUT2D eigenvalue weighted by Gasteiger charge is 2.36. The van der Waals surface area contributed by atoms with E-state index in [9.17, 15) is 9.59 Å². The maximum absolute atomic E-state index is 12.9. The Morgan fingerprint density at radius 1 is 1.43 bits per heavy atom. The van der Waals surface area contributed by atoms with Gasteiger partial charge in [-0.2, -0.15) is 0 Å². The third-order valence-electron chi connectivity index (χ3n) is 4.11. The number of hydrogen-bond donors (Lipinski definition) is 1. The number of carbonyl (C=O) groups excluding carboxylic acids is 2. The lowest BCUT2D eigenvalue weighted by Crippen LogP contribution is -2.59. The van der Waals surface area contributed by atoms with Crippen molar-refractivity contribution in [1.82, 2.24) is 10.2 Å². The Balaban J connectivity index is 1.89. The molecule has 1 N–H and O–H groups in total. The second kappa shape index (κ2) is 6.24. The van der Waals surface area contributed by atoms with Crippen LogP contribution in [0, 0.1) is 5.92 Å². The van der Waals surface area contributed by atoms with Crippen LogP contribution in [0.1, 0.15) is 19.4 Å². The fourth-order valence-corrected chi connectivity index (χ4v) is 3.21. The molecule has 2 amide bonds. The number of amides is 2. The maximum Gasteiger partial charge on any atom is 0.254 e. The molecule has 122 valence electrons. The zero-order valence-corrected chi connectivity index (χ0v) is 13.9. The van der Waals surface area contributed by atoms with Gasteiger partial charge in [0.25, 0.3) is 5.91 Å². The maximum atomic E-state index is 12.9. The molecule has 1 atom stereocenters. The van der Waals surface area contributed by atoms with Crippen LogP contribution in [0.25, 0.3) is 6.08 Å². The molecule has 6 heteroatoms. The Kier molecular flexibility index (Phi) is 4.31. The summed E-state index contributed by atoms with van der Waals surface area (Å²) in [5.74, 6) is 0.512. The Morgan fingerprint density at radius 3 is 2.96 bits per heavy atom. The van der Waals surface area contributed by atoms with Crippen LogP contribution in [-0.2, 0) is 9.59 Å². The Hall–Kier alpha value is -2.01. The van der Waals surface area contributed by atoms with E-state index in [-0.39, 0.29) is 24.3 Å². The van der Waals surface area contributed by atoms with Crippen LogP contribution in [0.15, 0.2) is 23.8 Å². The second-order valence-electron chi connectivity index (χ2n) is 6.12. The summed E-state index contributed by atoms with van der Waals surface area (Å²) in [6, 6.07) is 4.87. The summed E-state index contributed by atoms with van der Waals surface area (Å²) in [5.41, 5.74) is 1.33. The first-order chi connectivity index (χ1) is 11.0. The van der Waals surface area contributed by atoms with Gasteiger partial charge >= 0.3 is 0 Å². The topological polar surface area (TPSA) is 58.6 Å². The van der Waals surface area contributed by atoms with Gasteiger partial charge < -0.3 is 15.0 Å². The highest BCUT2D eigenvalue weighted by molar-refractivity contribution is 6.30. The number of fused-ring (bicyclic) bond motifs is 1. The number of carbonyl (C=O) groups is 2. The highest BCUT2D eigenvalue weighted by atomic mass is 35.5. The van der Waals surface area contributed by atoms with Crippen molar-refractivity contribution in [3.8, 4) is 5.75 Å². The Labute approximate surface area is 140 Å². The van der Waals surface area contributed by atoms with Crippen molar-refractivity contribution >= 4 is 29.5 Å². The van der Waals surface area contributed by atoms with Crippen LogP contribution in [0.5, 0.6) is 5.75 Å². The van der Waals surface area contributed by atoms with Crippen LogP contribution in [0.4, 0.5) is 0 Å². The van der Waals surface area contributed by atoms with Crippen LogP contribution in [0.2, 0.25) is 5.02 Å². The molecule has 0 aromatic heterocycles. The molecule has 0 spiro atoms. The molecule has 1 aromatic carbocycles. The number of nitrogens with one attached hydrogen (secondary N) is 1. The molecule has 3 rings (SSSR count). The van der Waals surface area contributed by atoms with Crippen molar-refractivity contribution in [3.63, 3.8) is 0 Å². The van der Waals surface area contributed by atoms with Gasteiger partial charge in [0.05, 0.1) is 5.57 Å². The summed E-state index contributed by atoms with van der Waals surface area (Å²) in [6.45, 7) is 5.07. The quantitative estimate of drug-likeness (QED) is 0.901. The van der Waals surface area contributed by atoms with E-state index in [0.717, 1.165) is 5.56 Å². The minimum atomic E-state index is -0.446. The van der Waals surface area contributed by atoms with Crippen LogP contribution < -0.4 is 10.1 Å². The molecule has 5 nitrogen and oxygen atoms in total. The zero-order chi connectivity index (χ0) is 16.6. The van der Waals surface area contributed by atoms with Gasteiger partial charge in [-0.25, -0.2) is 0 Å². The molecule has 0 saturated carbocycles. The van der Waals surface area contributed by atoms with Crippen LogP contribution in [-0.4, -0.2) is 42.5 Å². The van der Waals surface area contributed by atoms with Crippen molar-refractivity contribution in [2.24, 2.45) is 5.92 Å². The van der Waals surface area contributed by atoms with Crippen LogP contribution >= 0.6 is 11.6 Å². The lowest BCUT2D eigenvalue weighted by atomic mass is 9.98. The molecule has 1 aromatic rings. The van der Waals surface area contributed by atoms with E-state index >= 15 is 0 Å². The normalized spacial score (nSPS) is 20.5. The van der Waals surface area contributed by atoms with E-state index in [2.05, 4.69) is 5.32 Å². The van der Waals surface area contributed by atoms with Gasteiger partial charge in [0.15, 0.2) is 0 Å². The zero-order valence-electron chi connectivity index (χ0n) is 13.1. The van der Waals surface area contributed by atoms with Gasteiger partial charge in [-0.1, -0.05) is 25.4 Å². The fraction of sp³-hybridized carbons (Fsp3) is 0.412. The number of hydrogen-bond acceptors (Lipinski definition) is 3. The highest BCUT2D eigenvalue weighted by Crippen LogP contribution is 2.30. The molecule has 2 aliphatic rings. The summed E-state index contributed by atoms with van der Waals surface area (Å²) in [5, 5.41) is 3.42. The molecule has 2 heterocycles. The van der Waals surface area contributed by atoms with Gasteiger partial charge in [-0.15, -0.1) is 0 Å². The van der Waals surface area contributed by atoms with E-state index < -0.39 is 6.04 Å². The monoisotopic (exact) mass is 334 g/mol. The number of halogens is 1. The third kappa shape index (κ3) is 3.06. The molecule has 0 unspecified atom stereocenters. The lowest BCUT2D eigenvalue weighted by molar-refractivity contribution is -0.142. The van der Waals surface area contributed by atoms with Crippen molar-refractivity contribution in [1.29, 1.82) is 0 Å². The summed E-state index contributed by atoms with van der Waals surface area (Å²) in [7, 11) is 0. The fourth-order valence-electron chi connectivity index (χ4n) is 3.03. The summed E-state index contributed by atoms with van der Waals surface area (Å²) in [4.78, 5) is 26.6. The predicted molar refractivity (Wildman–Crippen MR) is 88.3 cm³/mol. The molecule has 1 fully saturated rings. The van der Waals surface area contributed by atoms with Gasteiger partial charge in [0.2, 0.25) is 5.91 Å². The Bertz CT molecular complexity index is 684. The smallest absolute Gasteiger partial charge is 0.254 e. The minimum Gasteiger partial charge on any atom is -0.488 e. The molecular weight excluding hydrogens is 316 g/mol. The average Bonchev–Trinajstić information content (AvgIpc) is 2.52. The van der Waals surface area contributed by atoms with Crippen molar-refractivity contribution in [2.45, 2.75) is 19.9 Å². The molecule has 2 aliphatic heterocycles. The van der Waals surface area contributed by atoms with Crippen molar-refractivity contribution in [2.75, 3.05) is 19.7 Å². The first kappa shape index (κ1) is 15.9. The van der Waals surface area contributed by atoms with Crippen LogP contribution in [0.3, 0.4) is 0 Å². The standard InChI is InChI=1S/C17H19ClN2O3/c1-10(2)15-16(21)19-5-6-20(15)17(22)12-7-11-8-13(18)3-4-14(11)23-9-12/h3-4,7-8,10,15H,5-6,9H2,1-2H3,(H,19,21)/t15-/m0/s1. The first-order valence-electron chi connectivity index (χ1n) is 7.69. The molecular formula is C17H19ClN2O3. The number of ether oxygens (including phenoxy) is 1. The summed E-state index contributed by atoms with van der Waals surface area (Å²) in [6.07, 6.45) is 1.80. The second-order valence-corrected chi connectivity index (χ2v) is 6.56. The van der Waals surface area contributed by atoms with Gasteiger partial charge in [0, 0.05) is 23.7 Å². The molecule has 23 heavy (non-hydrogen) atoms. The lowest BCUT2D eigenvalue weighted by Gasteiger charge is -2.38. The largest absolute Gasteiger partial charge is 0.488 e. The van der Waals surface area contributed by atoms with Crippen molar-refractivity contribution < 1.29 is 14.3 Å². The van der Waals surface area contributed by atoms with Gasteiger partial charge in [0.1, 0.15) is 18.4 Å². The predicted octanol–water partition coefficient (Wildman–Crippen LogP) is 2.10. The van der Waals surface area contributed by atoms with E-state index in [1.165, 1.54) is 0 Å². The third-order valence-corrected chi connectivity index (χ3v) is 4.34. The SMILES string of the molecule is CC(C)[C@H]1C(=O)NCCN1C(=O)C1=Cc2cc(Cl)ccc2OC1. The molecule has 0 bridgehead atoms. The molecule has 0 aliphatic carbocycles. The molecule has 1 saturated heterocycles. The van der Waals surface area contributed by atoms with Gasteiger partial charge in [-0.05, 0) is 30.2 Å². The van der Waals surface area contributed by atoms with E-state index in [1.807, 2.05) is 13.8 Å². The summed E-state index contributed by atoms with van der Waals surface area (Å²) < 4.78 is 5.65. The molecule has 0 radical (unpaired) electrons. The van der Waals surface area contributed by atoms with Gasteiger partial charge in [-0.3, -0.25) is 9.59 Å². The van der Waals surface area contributed by atoms with E-state index in [1.54, 1.807) is 29.2 Å². The Morgan fingerprint density at radius 2 is 2.22 bits per heavy atom. The average molecular weight is 335 g/mol. The minimum absolute atomic E-state index is 0.0473. The van der Waals surface area contributed by atoms with Crippen molar-refractivity contribution in [3.05, 3.63) is 34.4 Å². The number of nitrogens with zero attached hydrogens (tertiary/aromatic N) is 1. The summed E-state index contributed by atoms with van der Waals surface area (Å²) >= 11 is 6.00. The number of piperazine rings is 1. The number of benzene rings is 1. The van der Waals surface area contributed by atoms with E-state index in [4.69, 9.17) is 16.3 Å². The first-order valence-corrected chi connectivity index (χ1v) is 8.07.